The molecule has 2 aromatic rings. The summed E-state index contributed by atoms with van der Waals surface area (Å²) < 4.78 is 45.1. The zero-order valence-electron chi connectivity index (χ0n) is 13.1. The summed E-state index contributed by atoms with van der Waals surface area (Å²) in [5, 5.41) is 0. The van der Waals surface area contributed by atoms with E-state index < -0.39 is 15.8 Å². The highest BCUT2D eigenvalue weighted by Gasteiger charge is 2.17. The van der Waals surface area contributed by atoms with E-state index >= 15 is 0 Å². The van der Waals surface area contributed by atoms with E-state index in [2.05, 4.69) is 14.7 Å². The predicted molar refractivity (Wildman–Crippen MR) is 85.3 cm³/mol. The van der Waals surface area contributed by atoms with Crippen LogP contribution in [-0.4, -0.2) is 25.0 Å². The first kappa shape index (κ1) is 17.1. The molecule has 0 saturated heterocycles. The highest BCUT2D eigenvalue weighted by Crippen LogP contribution is 2.22. The second-order valence-electron chi connectivity index (χ2n) is 4.97. The molecule has 0 bridgehead atoms. The molecule has 1 aromatic carbocycles. The molecule has 0 saturated carbocycles. The van der Waals surface area contributed by atoms with Crippen LogP contribution in [0.25, 0.3) is 0 Å². The Morgan fingerprint density at radius 2 is 1.70 bits per heavy atom. The third kappa shape index (κ3) is 4.62. The first-order valence-electron chi connectivity index (χ1n) is 7.03. The topological polar surface area (TPSA) is 81.2 Å². The number of hydrogen-bond acceptors (Lipinski definition) is 5. The van der Waals surface area contributed by atoms with Crippen LogP contribution in [0.1, 0.15) is 23.9 Å². The highest BCUT2D eigenvalue weighted by molar-refractivity contribution is 7.91. The maximum absolute atomic E-state index is 12.9. The molecule has 0 unspecified atom stereocenters. The number of aromatic nitrogens is 2. The second kappa shape index (κ2) is 6.91. The van der Waals surface area contributed by atoms with Crippen molar-refractivity contribution in [2.45, 2.75) is 26.5 Å². The van der Waals surface area contributed by atoms with Crippen LogP contribution in [0.15, 0.2) is 24.3 Å². The number of ether oxygens (including phenoxy) is 1. The quantitative estimate of drug-likeness (QED) is 0.875. The fraction of sp³-hybridized carbons (Fsp3) is 0.333. The molecule has 0 fully saturated rings. The molecule has 124 valence electrons. The highest BCUT2D eigenvalue weighted by atomic mass is 32.2. The van der Waals surface area contributed by atoms with Crippen molar-refractivity contribution < 1.29 is 17.5 Å². The fourth-order valence-corrected chi connectivity index (χ4v) is 3.33. The van der Waals surface area contributed by atoms with Gasteiger partial charge in [-0.15, -0.1) is 0 Å². The van der Waals surface area contributed by atoms with Crippen LogP contribution < -0.4 is 9.46 Å². The van der Waals surface area contributed by atoms with Crippen LogP contribution in [0.2, 0.25) is 0 Å². The Morgan fingerprint density at radius 1 is 1.13 bits per heavy atom. The van der Waals surface area contributed by atoms with Crippen LogP contribution in [0.3, 0.4) is 0 Å². The summed E-state index contributed by atoms with van der Waals surface area (Å²) in [5.74, 6) is -0.676. The lowest BCUT2D eigenvalue weighted by atomic mass is 10.2. The lowest BCUT2D eigenvalue weighted by Crippen LogP contribution is -2.18. The predicted octanol–water partition coefficient (Wildman–Crippen LogP) is 2.57. The summed E-state index contributed by atoms with van der Waals surface area (Å²) >= 11 is 0. The Balaban J connectivity index is 2.21. The Bertz CT molecular complexity index is 769. The van der Waals surface area contributed by atoms with E-state index in [-0.39, 0.29) is 11.8 Å². The van der Waals surface area contributed by atoms with Crippen LogP contribution in [-0.2, 0) is 15.8 Å². The minimum Gasteiger partial charge on any atom is -0.464 e. The van der Waals surface area contributed by atoms with Crippen molar-refractivity contribution in [1.82, 2.24) is 9.97 Å². The molecule has 1 aromatic heterocycles. The summed E-state index contributed by atoms with van der Waals surface area (Å²) in [4.78, 5) is 8.23. The Labute approximate surface area is 134 Å². The van der Waals surface area contributed by atoms with Crippen molar-refractivity contribution >= 4 is 15.7 Å². The van der Waals surface area contributed by atoms with Crippen molar-refractivity contribution in [2.24, 2.45) is 0 Å². The van der Waals surface area contributed by atoms with Gasteiger partial charge in [0.2, 0.25) is 10.0 Å². The van der Waals surface area contributed by atoms with Crippen LogP contribution >= 0.6 is 0 Å². The number of benzene rings is 1. The zero-order valence-corrected chi connectivity index (χ0v) is 13.9. The van der Waals surface area contributed by atoms with Gasteiger partial charge in [-0.1, -0.05) is 12.1 Å². The lowest BCUT2D eigenvalue weighted by Gasteiger charge is -2.13. The van der Waals surface area contributed by atoms with E-state index in [0.29, 0.717) is 29.2 Å². The van der Waals surface area contributed by atoms with Gasteiger partial charge in [-0.25, -0.2) is 12.8 Å². The van der Waals surface area contributed by atoms with Gasteiger partial charge in [0.25, 0.3) is 0 Å². The van der Waals surface area contributed by atoms with Crippen molar-refractivity contribution in [3.63, 3.8) is 0 Å². The van der Waals surface area contributed by atoms with E-state index in [4.69, 9.17) is 4.74 Å². The largest absolute Gasteiger partial charge is 0.464 e. The summed E-state index contributed by atoms with van der Waals surface area (Å²) in [7, 11) is -3.66. The van der Waals surface area contributed by atoms with Gasteiger partial charge in [0.15, 0.2) is 0 Å². The molecule has 1 heterocycles. The van der Waals surface area contributed by atoms with Crippen molar-refractivity contribution in [3.05, 3.63) is 47.0 Å². The van der Waals surface area contributed by atoms with Crippen molar-refractivity contribution in [1.29, 1.82) is 0 Å². The number of nitrogens with zero attached hydrogens (tertiary/aromatic N) is 2. The summed E-state index contributed by atoms with van der Waals surface area (Å²) in [6.07, 6.45) is 0. The molecule has 0 atom stereocenters. The van der Waals surface area contributed by atoms with Gasteiger partial charge in [-0.05, 0) is 38.5 Å². The molecule has 0 aliphatic rings. The molecular formula is C15H18FN3O3S. The van der Waals surface area contributed by atoms with E-state index in [1.165, 1.54) is 24.3 Å². The minimum atomic E-state index is -3.66. The molecule has 1 N–H and O–H groups in total. The monoisotopic (exact) mass is 339 g/mol. The van der Waals surface area contributed by atoms with Gasteiger partial charge in [-0.2, -0.15) is 9.97 Å². The van der Waals surface area contributed by atoms with Gasteiger partial charge < -0.3 is 4.74 Å². The minimum absolute atomic E-state index is 0.212. The number of anilines is 1. The van der Waals surface area contributed by atoms with Crippen LogP contribution in [0.5, 0.6) is 6.01 Å². The fourth-order valence-electron chi connectivity index (χ4n) is 2.02. The van der Waals surface area contributed by atoms with E-state index in [1.54, 1.807) is 13.8 Å². The van der Waals surface area contributed by atoms with E-state index in [1.807, 2.05) is 6.92 Å². The summed E-state index contributed by atoms with van der Waals surface area (Å²) in [6, 6.07) is 5.53. The first-order valence-corrected chi connectivity index (χ1v) is 8.69. The number of aryl methyl sites for hydroxylation is 2. The molecule has 6 nitrogen and oxygen atoms in total. The normalized spacial score (nSPS) is 11.3. The average molecular weight is 339 g/mol. The molecule has 23 heavy (non-hydrogen) atoms. The number of sulfonamides is 1. The van der Waals surface area contributed by atoms with Gasteiger partial charge in [-0.3, -0.25) is 4.72 Å². The van der Waals surface area contributed by atoms with Gasteiger partial charge in [0, 0.05) is 0 Å². The Hall–Kier alpha value is -2.22. The first-order chi connectivity index (χ1) is 10.8. The Morgan fingerprint density at radius 3 is 2.22 bits per heavy atom. The zero-order chi connectivity index (χ0) is 17.0. The second-order valence-corrected chi connectivity index (χ2v) is 6.69. The third-order valence-electron chi connectivity index (χ3n) is 3.05. The van der Waals surface area contributed by atoms with E-state index in [0.717, 1.165) is 0 Å². The molecular weight excluding hydrogens is 321 g/mol. The molecule has 0 amide bonds. The smallest absolute Gasteiger partial charge is 0.316 e. The van der Waals surface area contributed by atoms with Gasteiger partial charge in [0.1, 0.15) is 5.82 Å². The molecule has 2 rings (SSSR count). The van der Waals surface area contributed by atoms with Gasteiger partial charge >= 0.3 is 6.01 Å². The number of halogens is 1. The summed E-state index contributed by atoms with van der Waals surface area (Å²) in [6.45, 7) is 5.59. The maximum Gasteiger partial charge on any atom is 0.316 e. The molecule has 0 aliphatic heterocycles. The third-order valence-corrected chi connectivity index (χ3v) is 4.28. The van der Waals surface area contributed by atoms with Crippen molar-refractivity contribution in [3.8, 4) is 6.01 Å². The standard InChI is InChI=1S/C15H18FN3O3S/c1-4-22-15-17-10(2)14(11(3)18-15)19-23(20,21)9-12-5-7-13(16)8-6-12/h5-8,19H,4,9H2,1-3H3. The van der Waals surface area contributed by atoms with Gasteiger partial charge in [0.05, 0.1) is 29.4 Å². The molecule has 0 spiro atoms. The Kier molecular flexibility index (Phi) is 5.15. The molecule has 0 aliphatic carbocycles. The number of nitrogens with one attached hydrogen (secondary N) is 1. The van der Waals surface area contributed by atoms with Crippen molar-refractivity contribution in [2.75, 3.05) is 11.3 Å². The number of rotatable bonds is 6. The lowest BCUT2D eigenvalue weighted by molar-refractivity contribution is 0.311. The molecule has 8 heteroatoms. The van der Waals surface area contributed by atoms with Crippen LogP contribution in [0.4, 0.5) is 10.1 Å². The van der Waals surface area contributed by atoms with E-state index in [9.17, 15) is 12.8 Å². The van der Waals surface area contributed by atoms with Crippen LogP contribution in [0, 0.1) is 19.7 Å². The maximum atomic E-state index is 12.9. The SMILES string of the molecule is CCOc1nc(C)c(NS(=O)(=O)Cc2ccc(F)cc2)c(C)n1. The summed E-state index contributed by atoms with van der Waals surface area (Å²) in [5.41, 5.74) is 1.77. The number of hydrogen-bond donors (Lipinski definition) is 1. The average Bonchev–Trinajstić information content (AvgIpc) is 2.46. The molecule has 0 radical (unpaired) electrons.